The zero-order chi connectivity index (χ0) is 9.23. The van der Waals surface area contributed by atoms with Gasteiger partial charge in [0.25, 0.3) is 0 Å². The van der Waals surface area contributed by atoms with E-state index in [4.69, 9.17) is 0 Å². The number of hydrogen-bond acceptors (Lipinski definition) is 1. The lowest BCUT2D eigenvalue weighted by Crippen LogP contribution is -2.18. The first kappa shape index (κ1) is 12.0. The van der Waals surface area contributed by atoms with E-state index in [0.717, 1.165) is 5.92 Å². The van der Waals surface area contributed by atoms with Gasteiger partial charge in [-0.1, -0.05) is 40.0 Å². The van der Waals surface area contributed by atoms with Crippen LogP contribution in [-0.4, -0.2) is 13.1 Å². The van der Waals surface area contributed by atoms with E-state index in [1.165, 1.54) is 45.2 Å². The Labute approximate surface area is 77.9 Å². The van der Waals surface area contributed by atoms with Gasteiger partial charge in [0, 0.05) is 0 Å². The normalized spacial score (nSPS) is 13.2. The third-order valence-electron chi connectivity index (χ3n) is 2.47. The highest BCUT2D eigenvalue weighted by molar-refractivity contribution is 4.53. The van der Waals surface area contributed by atoms with Gasteiger partial charge in [-0.2, -0.15) is 0 Å². The molecule has 0 rings (SSSR count). The molecule has 0 aromatic heterocycles. The van der Waals surface area contributed by atoms with Gasteiger partial charge in [0.2, 0.25) is 0 Å². The number of unbranched alkanes of at least 4 members (excludes halogenated alkanes) is 2. The highest BCUT2D eigenvalue weighted by Gasteiger charge is 1.96. The maximum Gasteiger partial charge on any atom is -0.00464 e. The van der Waals surface area contributed by atoms with Gasteiger partial charge in [-0.15, -0.1) is 0 Å². The van der Waals surface area contributed by atoms with Crippen molar-refractivity contribution < 1.29 is 0 Å². The number of nitrogens with one attached hydrogen (secondary N) is 1. The molecule has 0 fully saturated rings. The van der Waals surface area contributed by atoms with Crippen molar-refractivity contribution in [3.63, 3.8) is 0 Å². The lowest BCUT2D eigenvalue weighted by Gasteiger charge is -2.08. The molecule has 0 saturated heterocycles. The smallest absolute Gasteiger partial charge is 0.00464 e. The van der Waals surface area contributed by atoms with E-state index in [0.29, 0.717) is 0 Å². The summed E-state index contributed by atoms with van der Waals surface area (Å²) in [4.78, 5) is 0. The molecule has 12 heavy (non-hydrogen) atoms. The van der Waals surface area contributed by atoms with Crippen LogP contribution in [0.3, 0.4) is 0 Å². The Morgan fingerprint density at radius 2 is 1.83 bits per heavy atom. The SMILES string of the molecule is CCCCCNCCC(C)CC. The summed E-state index contributed by atoms with van der Waals surface area (Å²) in [6, 6.07) is 0. The summed E-state index contributed by atoms with van der Waals surface area (Å²) in [5.41, 5.74) is 0. The molecule has 0 radical (unpaired) electrons. The van der Waals surface area contributed by atoms with Crippen LogP contribution in [0.1, 0.15) is 52.9 Å². The minimum atomic E-state index is 0.892. The van der Waals surface area contributed by atoms with Crippen molar-refractivity contribution in [2.24, 2.45) is 5.92 Å². The molecule has 0 amide bonds. The van der Waals surface area contributed by atoms with Crippen LogP contribution in [0.25, 0.3) is 0 Å². The van der Waals surface area contributed by atoms with Gasteiger partial charge in [0.05, 0.1) is 0 Å². The van der Waals surface area contributed by atoms with Crippen LogP contribution in [0.5, 0.6) is 0 Å². The molecule has 0 saturated carbocycles. The van der Waals surface area contributed by atoms with Crippen molar-refractivity contribution in [2.75, 3.05) is 13.1 Å². The number of rotatable bonds is 8. The fourth-order valence-corrected chi connectivity index (χ4v) is 1.18. The van der Waals surface area contributed by atoms with Crippen LogP contribution >= 0.6 is 0 Å². The summed E-state index contributed by atoms with van der Waals surface area (Å²) in [7, 11) is 0. The van der Waals surface area contributed by atoms with Gasteiger partial charge in [-0.25, -0.2) is 0 Å². The molecule has 0 aliphatic rings. The largest absolute Gasteiger partial charge is 0.317 e. The van der Waals surface area contributed by atoms with Crippen molar-refractivity contribution in [3.8, 4) is 0 Å². The summed E-state index contributed by atoms with van der Waals surface area (Å²) >= 11 is 0. The Hall–Kier alpha value is -0.0400. The van der Waals surface area contributed by atoms with Gasteiger partial charge in [-0.05, 0) is 31.8 Å². The molecular weight excluding hydrogens is 146 g/mol. The van der Waals surface area contributed by atoms with Crippen molar-refractivity contribution in [3.05, 3.63) is 0 Å². The molecule has 0 aromatic carbocycles. The summed E-state index contributed by atoms with van der Waals surface area (Å²) in [6.45, 7) is 9.26. The lowest BCUT2D eigenvalue weighted by molar-refractivity contribution is 0.483. The summed E-state index contributed by atoms with van der Waals surface area (Å²) in [6.07, 6.45) is 6.69. The second-order valence-electron chi connectivity index (χ2n) is 3.76. The van der Waals surface area contributed by atoms with Crippen LogP contribution in [0, 0.1) is 5.92 Å². The van der Waals surface area contributed by atoms with Gasteiger partial charge in [-0.3, -0.25) is 0 Å². The minimum absolute atomic E-state index is 0.892. The predicted octanol–water partition coefficient (Wildman–Crippen LogP) is 3.20. The first-order valence-corrected chi connectivity index (χ1v) is 5.52. The molecule has 0 bridgehead atoms. The highest BCUT2D eigenvalue weighted by Crippen LogP contribution is 2.04. The average Bonchev–Trinajstić information content (AvgIpc) is 2.10. The van der Waals surface area contributed by atoms with E-state index >= 15 is 0 Å². The van der Waals surface area contributed by atoms with E-state index in [-0.39, 0.29) is 0 Å². The van der Waals surface area contributed by atoms with E-state index in [2.05, 4.69) is 26.1 Å². The topological polar surface area (TPSA) is 12.0 Å². The molecule has 1 nitrogen and oxygen atoms in total. The van der Waals surface area contributed by atoms with Crippen LogP contribution in [-0.2, 0) is 0 Å². The van der Waals surface area contributed by atoms with Crippen LogP contribution < -0.4 is 5.32 Å². The maximum absolute atomic E-state index is 3.49. The van der Waals surface area contributed by atoms with Crippen molar-refractivity contribution >= 4 is 0 Å². The maximum atomic E-state index is 3.49. The third kappa shape index (κ3) is 8.06. The molecular formula is C11H25N. The molecule has 0 aromatic rings. The molecule has 0 heterocycles. The average molecular weight is 171 g/mol. The fourth-order valence-electron chi connectivity index (χ4n) is 1.18. The molecule has 0 aliphatic heterocycles. The Morgan fingerprint density at radius 1 is 1.08 bits per heavy atom. The van der Waals surface area contributed by atoms with Crippen molar-refractivity contribution in [1.29, 1.82) is 0 Å². The van der Waals surface area contributed by atoms with Crippen LogP contribution in [0.15, 0.2) is 0 Å². The van der Waals surface area contributed by atoms with Crippen molar-refractivity contribution in [2.45, 2.75) is 52.9 Å². The lowest BCUT2D eigenvalue weighted by atomic mass is 10.1. The molecule has 1 unspecified atom stereocenters. The zero-order valence-electron chi connectivity index (χ0n) is 9.03. The molecule has 1 heteroatoms. The Balaban J connectivity index is 2.90. The molecule has 0 spiro atoms. The Morgan fingerprint density at radius 3 is 2.42 bits per heavy atom. The minimum Gasteiger partial charge on any atom is -0.317 e. The summed E-state index contributed by atoms with van der Waals surface area (Å²) in [5, 5.41) is 3.49. The molecule has 1 atom stereocenters. The van der Waals surface area contributed by atoms with Crippen molar-refractivity contribution in [1.82, 2.24) is 5.32 Å². The summed E-state index contributed by atoms with van der Waals surface area (Å²) < 4.78 is 0. The van der Waals surface area contributed by atoms with Gasteiger partial charge in [0.15, 0.2) is 0 Å². The van der Waals surface area contributed by atoms with E-state index in [9.17, 15) is 0 Å². The standard InChI is InChI=1S/C11H25N/c1-4-6-7-9-12-10-8-11(3)5-2/h11-12H,4-10H2,1-3H3. The Bertz CT molecular complexity index is 81.1. The molecule has 0 aliphatic carbocycles. The fraction of sp³-hybridized carbons (Fsp3) is 1.00. The summed E-state index contributed by atoms with van der Waals surface area (Å²) in [5.74, 6) is 0.892. The van der Waals surface area contributed by atoms with E-state index < -0.39 is 0 Å². The van der Waals surface area contributed by atoms with E-state index in [1.54, 1.807) is 0 Å². The molecule has 74 valence electrons. The second kappa shape index (κ2) is 9.05. The quantitative estimate of drug-likeness (QED) is 0.553. The number of hydrogen-bond donors (Lipinski definition) is 1. The van der Waals surface area contributed by atoms with E-state index in [1.807, 2.05) is 0 Å². The zero-order valence-corrected chi connectivity index (χ0v) is 9.03. The first-order valence-electron chi connectivity index (χ1n) is 5.52. The van der Waals surface area contributed by atoms with Gasteiger partial charge >= 0.3 is 0 Å². The van der Waals surface area contributed by atoms with Gasteiger partial charge in [0.1, 0.15) is 0 Å². The highest BCUT2D eigenvalue weighted by atomic mass is 14.8. The predicted molar refractivity (Wildman–Crippen MR) is 56.5 cm³/mol. The van der Waals surface area contributed by atoms with Crippen LogP contribution in [0.4, 0.5) is 0 Å². The van der Waals surface area contributed by atoms with Gasteiger partial charge < -0.3 is 5.32 Å². The van der Waals surface area contributed by atoms with Crippen LogP contribution in [0.2, 0.25) is 0 Å². The Kier molecular flexibility index (Phi) is 9.02. The second-order valence-corrected chi connectivity index (χ2v) is 3.76. The molecule has 1 N–H and O–H groups in total. The third-order valence-corrected chi connectivity index (χ3v) is 2.47. The first-order chi connectivity index (χ1) is 5.81. The monoisotopic (exact) mass is 171 g/mol.